The van der Waals surface area contributed by atoms with Crippen LogP contribution in [-0.2, 0) is 4.74 Å². The van der Waals surface area contributed by atoms with Gasteiger partial charge < -0.3 is 15.0 Å². The number of aromatic nitrogens is 3. The first-order valence-corrected chi connectivity index (χ1v) is 5.24. The average Bonchev–Trinajstić information content (AvgIpc) is 2.80. The molecule has 0 radical (unpaired) electrons. The molecule has 2 aromatic heterocycles. The third-order valence-electron chi connectivity index (χ3n) is 2.36. The van der Waals surface area contributed by atoms with Crippen molar-refractivity contribution in [2.45, 2.75) is 13.0 Å². The molecular weight excluding hydrogens is 220 g/mol. The van der Waals surface area contributed by atoms with E-state index in [0.717, 1.165) is 5.56 Å². The molecule has 0 amide bonds. The summed E-state index contributed by atoms with van der Waals surface area (Å²) >= 11 is 0. The molecule has 0 aliphatic heterocycles. The highest BCUT2D eigenvalue weighted by atomic mass is 16.5. The first-order valence-electron chi connectivity index (χ1n) is 5.24. The molecule has 1 unspecified atom stereocenters. The summed E-state index contributed by atoms with van der Waals surface area (Å²) in [5.74, 6) is 0.813. The molecule has 90 valence electrons. The molecule has 6 nitrogen and oxygen atoms in total. The van der Waals surface area contributed by atoms with E-state index in [-0.39, 0.29) is 6.10 Å². The van der Waals surface area contributed by atoms with Gasteiger partial charge in [-0.1, -0.05) is 5.16 Å². The minimum Gasteiger partial charge on any atom is -0.370 e. The minimum absolute atomic E-state index is 0.291. The van der Waals surface area contributed by atoms with Gasteiger partial charge in [-0.25, -0.2) is 0 Å². The Balaban J connectivity index is 2.29. The van der Waals surface area contributed by atoms with Crippen LogP contribution < -0.4 is 5.73 Å². The Morgan fingerprint density at radius 3 is 3.00 bits per heavy atom. The highest BCUT2D eigenvalue weighted by Gasteiger charge is 2.17. The van der Waals surface area contributed by atoms with E-state index in [1.807, 2.05) is 19.1 Å². The van der Waals surface area contributed by atoms with Gasteiger partial charge in [0.1, 0.15) is 11.8 Å². The maximum absolute atomic E-state index is 5.52. The van der Waals surface area contributed by atoms with E-state index in [0.29, 0.717) is 24.0 Å². The van der Waals surface area contributed by atoms with Crippen molar-refractivity contribution in [2.75, 3.05) is 13.7 Å². The molecule has 0 aromatic carbocycles. The van der Waals surface area contributed by atoms with Crippen LogP contribution in [0.1, 0.15) is 17.6 Å². The quantitative estimate of drug-likeness (QED) is 0.851. The number of hydrogen-bond acceptors (Lipinski definition) is 6. The summed E-state index contributed by atoms with van der Waals surface area (Å²) in [6.07, 6.45) is 1.33. The number of nitrogens with zero attached hydrogens (tertiary/aromatic N) is 3. The van der Waals surface area contributed by atoms with Gasteiger partial charge >= 0.3 is 0 Å². The van der Waals surface area contributed by atoms with Crippen molar-refractivity contribution in [3.05, 3.63) is 29.8 Å². The van der Waals surface area contributed by atoms with Crippen molar-refractivity contribution >= 4 is 0 Å². The molecule has 1 atom stereocenters. The van der Waals surface area contributed by atoms with Gasteiger partial charge in [-0.05, 0) is 24.6 Å². The summed E-state index contributed by atoms with van der Waals surface area (Å²) in [4.78, 5) is 8.40. The van der Waals surface area contributed by atoms with Gasteiger partial charge in [0.05, 0.1) is 0 Å². The van der Waals surface area contributed by atoms with E-state index >= 15 is 0 Å². The normalized spacial score (nSPS) is 12.6. The Bertz CT molecular complexity index is 494. The second kappa shape index (κ2) is 5.03. The molecule has 2 N–H and O–H groups in total. The first kappa shape index (κ1) is 11.7. The lowest BCUT2D eigenvalue weighted by Gasteiger charge is -2.05. The number of ether oxygens (including phenoxy) is 1. The molecule has 2 aromatic rings. The smallest absolute Gasteiger partial charge is 0.257 e. The van der Waals surface area contributed by atoms with Gasteiger partial charge in [-0.3, -0.25) is 4.98 Å². The minimum atomic E-state index is -0.374. The molecular formula is C11H14N4O2. The summed E-state index contributed by atoms with van der Waals surface area (Å²) in [5.41, 5.74) is 7.28. The van der Waals surface area contributed by atoms with Crippen molar-refractivity contribution < 1.29 is 9.26 Å². The topological polar surface area (TPSA) is 87.1 Å². The number of hydrogen-bond donors (Lipinski definition) is 1. The fourth-order valence-electron chi connectivity index (χ4n) is 1.43. The molecule has 0 bridgehead atoms. The zero-order valence-electron chi connectivity index (χ0n) is 9.75. The summed E-state index contributed by atoms with van der Waals surface area (Å²) < 4.78 is 10.2. The van der Waals surface area contributed by atoms with E-state index in [1.165, 1.54) is 0 Å². The van der Waals surface area contributed by atoms with Crippen LogP contribution in [0.25, 0.3) is 11.5 Å². The van der Waals surface area contributed by atoms with Crippen molar-refractivity contribution in [1.82, 2.24) is 15.1 Å². The number of methoxy groups -OCH3 is 1. The monoisotopic (exact) mass is 234 g/mol. The van der Waals surface area contributed by atoms with Gasteiger partial charge in [-0.2, -0.15) is 4.98 Å². The highest BCUT2D eigenvalue weighted by Crippen LogP contribution is 2.18. The van der Waals surface area contributed by atoms with E-state index in [4.69, 9.17) is 15.0 Å². The van der Waals surface area contributed by atoms with Crippen molar-refractivity contribution in [3.63, 3.8) is 0 Å². The highest BCUT2D eigenvalue weighted by molar-refractivity contribution is 5.48. The van der Waals surface area contributed by atoms with Crippen LogP contribution in [0.5, 0.6) is 0 Å². The maximum Gasteiger partial charge on any atom is 0.257 e. The standard InChI is InChI=1S/C11H14N4O2/c1-7-3-4-13-8(5-7)10-14-11(17-15-10)9(6-12)16-2/h3-5,9H,6,12H2,1-2H3. The van der Waals surface area contributed by atoms with Gasteiger partial charge in [0.2, 0.25) is 5.82 Å². The Labute approximate surface area is 98.8 Å². The lowest BCUT2D eigenvalue weighted by atomic mass is 10.2. The van der Waals surface area contributed by atoms with Crippen molar-refractivity contribution in [2.24, 2.45) is 5.73 Å². The Hall–Kier alpha value is -1.79. The van der Waals surface area contributed by atoms with E-state index in [2.05, 4.69) is 15.1 Å². The lowest BCUT2D eigenvalue weighted by molar-refractivity contribution is 0.0804. The molecule has 2 rings (SSSR count). The zero-order valence-corrected chi connectivity index (χ0v) is 9.75. The number of nitrogens with two attached hydrogens (primary N) is 1. The van der Waals surface area contributed by atoms with Crippen molar-refractivity contribution in [3.8, 4) is 11.5 Å². The molecule has 17 heavy (non-hydrogen) atoms. The van der Waals surface area contributed by atoms with E-state index < -0.39 is 0 Å². The number of aryl methyl sites for hydroxylation is 1. The summed E-state index contributed by atoms with van der Waals surface area (Å²) in [6, 6.07) is 3.79. The van der Waals surface area contributed by atoms with E-state index in [9.17, 15) is 0 Å². The molecule has 6 heteroatoms. The lowest BCUT2D eigenvalue weighted by Crippen LogP contribution is -2.14. The van der Waals surface area contributed by atoms with Crippen LogP contribution in [0.2, 0.25) is 0 Å². The summed E-state index contributed by atoms with van der Waals surface area (Å²) in [5, 5.41) is 3.86. The Kier molecular flexibility index (Phi) is 3.46. The molecule has 0 saturated heterocycles. The predicted molar refractivity (Wildman–Crippen MR) is 61.1 cm³/mol. The second-order valence-electron chi connectivity index (χ2n) is 3.63. The largest absolute Gasteiger partial charge is 0.370 e. The van der Waals surface area contributed by atoms with Crippen molar-refractivity contribution in [1.29, 1.82) is 0 Å². The van der Waals surface area contributed by atoms with Gasteiger partial charge in [-0.15, -0.1) is 0 Å². The second-order valence-corrected chi connectivity index (χ2v) is 3.63. The Morgan fingerprint density at radius 2 is 2.35 bits per heavy atom. The molecule has 0 aliphatic carbocycles. The van der Waals surface area contributed by atoms with Crippen LogP contribution in [-0.4, -0.2) is 28.8 Å². The summed E-state index contributed by atoms with van der Waals surface area (Å²) in [6.45, 7) is 2.27. The molecule has 2 heterocycles. The van der Waals surface area contributed by atoms with Gasteiger partial charge in [0.25, 0.3) is 5.89 Å². The van der Waals surface area contributed by atoms with Crippen LogP contribution in [0.4, 0.5) is 0 Å². The third kappa shape index (κ3) is 2.48. The van der Waals surface area contributed by atoms with Crippen LogP contribution in [0.15, 0.2) is 22.9 Å². The van der Waals surface area contributed by atoms with Crippen LogP contribution in [0.3, 0.4) is 0 Å². The van der Waals surface area contributed by atoms with E-state index in [1.54, 1.807) is 13.3 Å². The van der Waals surface area contributed by atoms with Crippen LogP contribution >= 0.6 is 0 Å². The SMILES string of the molecule is COC(CN)c1nc(-c2cc(C)ccn2)no1. The maximum atomic E-state index is 5.52. The van der Waals surface area contributed by atoms with Gasteiger partial charge in [0.15, 0.2) is 0 Å². The first-order chi connectivity index (χ1) is 8.24. The average molecular weight is 234 g/mol. The fraction of sp³-hybridized carbons (Fsp3) is 0.364. The molecule has 0 spiro atoms. The van der Waals surface area contributed by atoms with Gasteiger partial charge in [0, 0.05) is 19.9 Å². The zero-order chi connectivity index (χ0) is 12.3. The summed E-state index contributed by atoms with van der Waals surface area (Å²) in [7, 11) is 1.55. The Morgan fingerprint density at radius 1 is 1.53 bits per heavy atom. The third-order valence-corrected chi connectivity index (χ3v) is 2.36. The molecule has 0 aliphatic rings. The molecule has 0 fully saturated rings. The predicted octanol–water partition coefficient (Wildman–Crippen LogP) is 1.09. The number of pyridine rings is 1. The number of rotatable bonds is 4. The molecule has 0 saturated carbocycles. The van der Waals surface area contributed by atoms with Crippen LogP contribution in [0, 0.1) is 6.92 Å². The fourth-order valence-corrected chi connectivity index (χ4v) is 1.43.